The van der Waals surface area contributed by atoms with Crippen LogP contribution < -0.4 is 10.3 Å². The molecule has 7 heteroatoms. The highest BCUT2D eigenvalue weighted by molar-refractivity contribution is 8.13. The number of ether oxygens (including phenoxy) is 2. The van der Waals surface area contributed by atoms with Crippen LogP contribution in [0.25, 0.3) is 16.6 Å². The molecule has 6 nitrogen and oxygen atoms in total. The highest BCUT2D eigenvalue weighted by atomic mass is 32.2. The van der Waals surface area contributed by atoms with Crippen LogP contribution in [0.1, 0.15) is 6.92 Å². The number of hydrogen-bond acceptors (Lipinski definition) is 6. The summed E-state index contributed by atoms with van der Waals surface area (Å²) in [6, 6.07) is 14.0. The molecule has 0 saturated heterocycles. The van der Waals surface area contributed by atoms with Gasteiger partial charge >= 0.3 is 5.30 Å². The summed E-state index contributed by atoms with van der Waals surface area (Å²) in [6.07, 6.45) is 0. The van der Waals surface area contributed by atoms with Crippen LogP contribution in [0.4, 0.5) is 4.79 Å². The number of carbonyl (C=O) groups is 1. The maximum absolute atomic E-state index is 13.0. The third kappa shape index (κ3) is 3.51. The minimum atomic E-state index is -0.507. The second kappa shape index (κ2) is 7.40. The summed E-state index contributed by atoms with van der Waals surface area (Å²) >= 11 is 0.788. The van der Waals surface area contributed by atoms with Crippen molar-refractivity contribution in [1.82, 2.24) is 9.55 Å². The van der Waals surface area contributed by atoms with E-state index in [0.717, 1.165) is 11.8 Å². The van der Waals surface area contributed by atoms with Crippen LogP contribution in [0.5, 0.6) is 5.75 Å². The minimum absolute atomic E-state index is 0.248. The van der Waals surface area contributed by atoms with Crippen molar-refractivity contribution >= 4 is 28.0 Å². The molecule has 3 aromatic rings. The molecule has 0 radical (unpaired) electrons. The summed E-state index contributed by atoms with van der Waals surface area (Å²) in [6.45, 7) is 1.98. The van der Waals surface area contributed by atoms with Crippen molar-refractivity contribution in [2.45, 2.75) is 12.1 Å². The fourth-order valence-electron chi connectivity index (χ4n) is 2.36. The van der Waals surface area contributed by atoms with Gasteiger partial charge in [-0.3, -0.25) is 9.36 Å². The summed E-state index contributed by atoms with van der Waals surface area (Å²) in [5, 5.41) is 0.228. The molecule has 3 rings (SSSR count). The van der Waals surface area contributed by atoms with E-state index in [4.69, 9.17) is 9.47 Å². The van der Waals surface area contributed by atoms with Crippen LogP contribution in [0.15, 0.2) is 58.5 Å². The summed E-state index contributed by atoms with van der Waals surface area (Å²) < 4.78 is 11.5. The van der Waals surface area contributed by atoms with Gasteiger partial charge in [0, 0.05) is 11.8 Å². The van der Waals surface area contributed by atoms with Gasteiger partial charge in [-0.25, -0.2) is 9.78 Å². The van der Waals surface area contributed by atoms with Gasteiger partial charge in [-0.15, -0.1) is 0 Å². The third-order valence-electron chi connectivity index (χ3n) is 3.51. The van der Waals surface area contributed by atoms with Gasteiger partial charge in [-0.05, 0) is 43.3 Å². The number of methoxy groups -OCH3 is 1. The lowest BCUT2D eigenvalue weighted by atomic mass is 10.2. The van der Waals surface area contributed by atoms with Crippen molar-refractivity contribution in [1.29, 1.82) is 0 Å². The van der Waals surface area contributed by atoms with E-state index >= 15 is 0 Å². The van der Waals surface area contributed by atoms with Crippen LogP contribution in [-0.2, 0) is 4.74 Å². The number of fused-ring (bicyclic) bond motifs is 1. The highest BCUT2D eigenvalue weighted by Crippen LogP contribution is 2.24. The molecular weight excluding hydrogens is 340 g/mol. The van der Waals surface area contributed by atoms with Crippen molar-refractivity contribution in [3.05, 3.63) is 58.9 Å². The number of para-hydroxylation sites is 1. The van der Waals surface area contributed by atoms with Crippen LogP contribution in [-0.4, -0.2) is 28.6 Å². The monoisotopic (exact) mass is 356 g/mol. The maximum atomic E-state index is 13.0. The molecule has 0 bridgehead atoms. The van der Waals surface area contributed by atoms with E-state index in [0.29, 0.717) is 22.3 Å². The number of hydrogen-bond donors (Lipinski definition) is 0. The van der Waals surface area contributed by atoms with Gasteiger partial charge in [0.15, 0.2) is 5.16 Å². The molecule has 0 aliphatic carbocycles. The fourth-order valence-corrected chi connectivity index (χ4v) is 3.11. The lowest BCUT2D eigenvalue weighted by Gasteiger charge is -2.13. The predicted molar refractivity (Wildman–Crippen MR) is 96.8 cm³/mol. The highest BCUT2D eigenvalue weighted by Gasteiger charge is 2.17. The summed E-state index contributed by atoms with van der Waals surface area (Å²) in [4.78, 5) is 29.4. The third-order valence-corrected chi connectivity index (χ3v) is 4.25. The minimum Gasteiger partial charge on any atom is -0.497 e. The van der Waals surface area contributed by atoms with Crippen LogP contribution in [0, 0.1) is 0 Å². The molecule has 0 aliphatic heterocycles. The Morgan fingerprint density at radius 2 is 1.88 bits per heavy atom. The van der Waals surface area contributed by atoms with Crippen molar-refractivity contribution in [3.63, 3.8) is 0 Å². The number of nitrogens with zero attached hydrogens (tertiary/aromatic N) is 2. The zero-order valence-corrected chi connectivity index (χ0v) is 14.6. The summed E-state index contributed by atoms with van der Waals surface area (Å²) in [5.41, 5.74) is 0.877. The summed E-state index contributed by atoms with van der Waals surface area (Å²) in [5.74, 6) is 0.671. The van der Waals surface area contributed by atoms with Crippen molar-refractivity contribution in [2.24, 2.45) is 0 Å². The quantitative estimate of drug-likeness (QED) is 0.404. The first-order valence-corrected chi connectivity index (χ1v) is 8.46. The first-order valence-electron chi connectivity index (χ1n) is 7.65. The molecule has 2 aromatic carbocycles. The Labute approximate surface area is 148 Å². The Morgan fingerprint density at radius 3 is 2.56 bits per heavy atom. The lowest BCUT2D eigenvalue weighted by molar-refractivity contribution is 0.181. The van der Waals surface area contributed by atoms with Crippen molar-refractivity contribution < 1.29 is 14.3 Å². The van der Waals surface area contributed by atoms with Gasteiger partial charge in [0.1, 0.15) is 5.75 Å². The van der Waals surface area contributed by atoms with Gasteiger partial charge in [-0.2, -0.15) is 0 Å². The standard InChI is InChI=1S/C18H16N2O4S/c1-3-24-18(22)25-17-19-15-7-5-4-6-14(15)16(21)20(17)12-8-10-13(23-2)11-9-12/h4-11H,3H2,1-2H3. The fraction of sp³-hybridized carbons (Fsp3) is 0.167. The Kier molecular flexibility index (Phi) is 5.04. The van der Waals surface area contributed by atoms with E-state index in [9.17, 15) is 9.59 Å². The number of rotatable bonds is 4. The van der Waals surface area contributed by atoms with Gasteiger partial charge < -0.3 is 9.47 Å². The van der Waals surface area contributed by atoms with Gasteiger partial charge in [0.25, 0.3) is 5.56 Å². The van der Waals surface area contributed by atoms with E-state index < -0.39 is 5.30 Å². The molecule has 0 amide bonds. The lowest BCUT2D eigenvalue weighted by Crippen LogP contribution is -2.22. The molecule has 1 heterocycles. The van der Waals surface area contributed by atoms with Gasteiger partial charge in [0.05, 0.1) is 30.3 Å². The van der Waals surface area contributed by atoms with Crippen LogP contribution in [0.2, 0.25) is 0 Å². The van der Waals surface area contributed by atoms with Crippen LogP contribution in [0.3, 0.4) is 0 Å². The van der Waals surface area contributed by atoms with Gasteiger partial charge in [0.2, 0.25) is 0 Å². The molecule has 0 unspecified atom stereocenters. The first-order chi connectivity index (χ1) is 12.1. The smallest absolute Gasteiger partial charge is 0.375 e. The molecule has 0 N–H and O–H groups in total. The van der Waals surface area contributed by atoms with E-state index in [-0.39, 0.29) is 17.3 Å². The normalized spacial score (nSPS) is 10.6. The maximum Gasteiger partial charge on any atom is 0.375 e. The van der Waals surface area contributed by atoms with Crippen LogP contribution >= 0.6 is 11.8 Å². The number of carbonyl (C=O) groups excluding carboxylic acids is 1. The van der Waals surface area contributed by atoms with E-state index in [1.165, 1.54) is 4.57 Å². The Hall–Kier alpha value is -2.80. The van der Waals surface area contributed by atoms with Crippen molar-refractivity contribution in [2.75, 3.05) is 13.7 Å². The largest absolute Gasteiger partial charge is 0.497 e. The van der Waals surface area contributed by atoms with Crippen molar-refractivity contribution in [3.8, 4) is 11.4 Å². The Balaban J connectivity index is 2.20. The molecule has 0 aliphatic rings. The topological polar surface area (TPSA) is 70.4 Å². The number of aromatic nitrogens is 2. The Morgan fingerprint density at radius 1 is 1.16 bits per heavy atom. The molecule has 0 atom stereocenters. The SMILES string of the molecule is CCOC(=O)Sc1nc2ccccc2c(=O)n1-c1ccc(OC)cc1. The molecular formula is C18H16N2O4S. The molecule has 0 saturated carbocycles. The second-order valence-corrected chi connectivity index (χ2v) is 5.94. The Bertz CT molecular complexity index is 967. The average molecular weight is 356 g/mol. The molecule has 25 heavy (non-hydrogen) atoms. The number of benzene rings is 2. The number of thioether (sulfide) groups is 1. The second-order valence-electron chi connectivity index (χ2n) is 5.04. The predicted octanol–water partition coefficient (Wildman–Crippen LogP) is 3.64. The van der Waals surface area contributed by atoms with E-state index in [1.807, 2.05) is 0 Å². The van der Waals surface area contributed by atoms with E-state index in [1.54, 1.807) is 62.6 Å². The molecule has 0 spiro atoms. The van der Waals surface area contributed by atoms with E-state index in [2.05, 4.69) is 4.98 Å². The molecule has 1 aromatic heterocycles. The first kappa shape index (κ1) is 17.0. The zero-order valence-electron chi connectivity index (χ0n) is 13.8. The van der Waals surface area contributed by atoms with Gasteiger partial charge in [-0.1, -0.05) is 12.1 Å². The average Bonchev–Trinajstić information content (AvgIpc) is 2.62. The molecule has 128 valence electrons. The molecule has 0 fully saturated rings. The summed E-state index contributed by atoms with van der Waals surface area (Å²) in [7, 11) is 1.57. The zero-order chi connectivity index (χ0) is 17.8.